The Morgan fingerprint density at radius 3 is 3.06 bits per heavy atom. The van der Waals surface area contributed by atoms with E-state index in [2.05, 4.69) is 0 Å². The van der Waals surface area contributed by atoms with Crippen LogP contribution >= 0.6 is 0 Å². The second-order valence-electron chi connectivity index (χ2n) is 4.06. The molecule has 0 bridgehead atoms. The van der Waals surface area contributed by atoms with Crippen molar-refractivity contribution in [2.24, 2.45) is 0 Å². The first-order valence-corrected chi connectivity index (χ1v) is 5.56. The maximum Gasteiger partial charge on any atom is 0.312 e. The van der Waals surface area contributed by atoms with Crippen molar-refractivity contribution in [2.75, 3.05) is 13.7 Å². The molecule has 1 aromatic rings. The van der Waals surface area contributed by atoms with Gasteiger partial charge in [0.15, 0.2) is 0 Å². The molecule has 0 saturated heterocycles. The molecule has 2 rings (SSSR count). The van der Waals surface area contributed by atoms with Gasteiger partial charge in [-0.15, -0.1) is 0 Å². The fourth-order valence-corrected chi connectivity index (χ4v) is 1.94. The number of esters is 1. The molecule has 0 radical (unpaired) electrons. The van der Waals surface area contributed by atoms with Crippen LogP contribution in [0, 0.1) is 0 Å². The molecule has 1 heterocycles. The number of aryl methyl sites for hydroxylation is 1. The summed E-state index contributed by atoms with van der Waals surface area (Å²) in [6, 6.07) is 5.98. The predicted octanol–water partition coefficient (Wildman–Crippen LogP) is 2.29. The number of hydrogen-bond donors (Lipinski definition) is 0. The summed E-state index contributed by atoms with van der Waals surface area (Å²) >= 11 is 0. The Bertz CT molecular complexity index is 398. The van der Waals surface area contributed by atoms with Crippen LogP contribution in [0.3, 0.4) is 0 Å². The number of carbonyl (C=O) groups excluding carboxylic acids is 1. The molecule has 1 atom stereocenters. The highest BCUT2D eigenvalue weighted by molar-refractivity contribution is 5.77. The third-order valence-corrected chi connectivity index (χ3v) is 2.99. The number of ether oxygens (including phenoxy) is 2. The number of hydrogen-bond acceptors (Lipinski definition) is 3. The number of fused-ring (bicyclic) bond motifs is 1. The van der Waals surface area contributed by atoms with Gasteiger partial charge >= 0.3 is 5.97 Å². The summed E-state index contributed by atoms with van der Waals surface area (Å²) in [5.41, 5.74) is 2.18. The van der Waals surface area contributed by atoms with Crippen LogP contribution in [0.5, 0.6) is 5.75 Å². The lowest BCUT2D eigenvalue weighted by Crippen LogP contribution is -2.13. The smallest absolute Gasteiger partial charge is 0.312 e. The van der Waals surface area contributed by atoms with E-state index in [9.17, 15) is 4.79 Å². The van der Waals surface area contributed by atoms with Crippen molar-refractivity contribution in [2.45, 2.75) is 25.7 Å². The summed E-state index contributed by atoms with van der Waals surface area (Å²) < 4.78 is 10.3. The first-order chi connectivity index (χ1) is 7.72. The minimum atomic E-state index is -0.235. The Morgan fingerprint density at radius 1 is 1.50 bits per heavy atom. The Balaban J connectivity index is 2.26. The third kappa shape index (κ3) is 2.03. The summed E-state index contributed by atoms with van der Waals surface area (Å²) in [6.07, 6.45) is 2.13. The van der Waals surface area contributed by atoms with Crippen LogP contribution in [0.25, 0.3) is 0 Å². The molecular weight excluding hydrogens is 204 g/mol. The van der Waals surface area contributed by atoms with Crippen LogP contribution < -0.4 is 4.74 Å². The summed E-state index contributed by atoms with van der Waals surface area (Å²) in [4.78, 5) is 11.4. The van der Waals surface area contributed by atoms with E-state index in [0.29, 0.717) is 0 Å². The van der Waals surface area contributed by atoms with Crippen LogP contribution in [0.15, 0.2) is 18.2 Å². The van der Waals surface area contributed by atoms with Crippen LogP contribution in [0.4, 0.5) is 0 Å². The zero-order valence-electron chi connectivity index (χ0n) is 9.66. The van der Waals surface area contributed by atoms with Gasteiger partial charge in [0, 0.05) is 0 Å². The molecule has 1 aliphatic heterocycles. The molecule has 0 aliphatic carbocycles. The summed E-state index contributed by atoms with van der Waals surface area (Å²) in [5, 5.41) is 0. The predicted molar refractivity (Wildman–Crippen MR) is 60.7 cm³/mol. The molecule has 86 valence electrons. The number of carbonyl (C=O) groups is 1. The molecule has 0 aromatic heterocycles. The molecule has 0 saturated carbocycles. The van der Waals surface area contributed by atoms with E-state index < -0.39 is 0 Å². The molecule has 1 aromatic carbocycles. The summed E-state index contributed by atoms with van der Waals surface area (Å²) in [6.45, 7) is 2.61. The van der Waals surface area contributed by atoms with Gasteiger partial charge in [-0.05, 0) is 37.0 Å². The van der Waals surface area contributed by atoms with Gasteiger partial charge < -0.3 is 9.47 Å². The van der Waals surface area contributed by atoms with E-state index in [1.807, 2.05) is 25.1 Å². The average molecular weight is 220 g/mol. The van der Waals surface area contributed by atoms with E-state index >= 15 is 0 Å². The van der Waals surface area contributed by atoms with E-state index in [0.717, 1.165) is 30.8 Å². The van der Waals surface area contributed by atoms with Crippen molar-refractivity contribution < 1.29 is 14.3 Å². The van der Waals surface area contributed by atoms with Gasteiger partial charge in [-0.2, -0.15) is 0 Å². The van der Waals surface area contributed by atoms with Crippen LogP contribution in [-0.4, -0.2) is 19.7 Å². The highest BCUT2D eigenvalue weighted by atomic mass is 16.5. The maximum absolute atomic E-state index is 11.4. The minimum Gasteiger partial charge on any atom is -0.493 e. The van der Waals surface area contributed by atoms with Gasteiger partial charge in [0.05, 0.1) is 19.6 Å². The number of methoxy groups -OCH3 is 1. The zero-order valence-corrected chi connectivity index (χ0v) is 9.66. The van der Waals surface area contributed by atoms with Gasteiger partial charge in [-0.3, -0.25) is 4.79 Å². The molecule has 1 unspecified atom stereocenters. The Labute approximate surface area is 95.4 Å². The lowest BCUT2D eigenvalue weighted by Gasteiger charge is -2.19. The molecule has 0 spiro atoms. The lowest BCUT2D eigenvalue weighted by molar-refractivity contribution is -0.141. The minimum absolute atomic E-state index is 0.212. The van der Waals surface area contributed by atoms with Crippen LogP contribution in [-0.2, 0) is 16.0 Å². The molecule has 0 amide bonds. The summed E-state index contributed by atoms with van der Waals surface area (Å²) in [7, 11) is 1.41. The maximum atomic E-state index is 11.4. The first kappa shape index (κ1) is 11.0. The fraction of sp³-hybridized carbons (Fsp3) is 0.462. The summed E-state index contributed by atoms with van der Waals surface area (Å²) in [5.74, 6) is 0.469. The van der Waals surface area contributed by atoms with Crippen molar-refractivity contribution in [3.8, 4) is 5.75 Å². The molecule has 0 fully saturated rings. The monoisotopic (exact) mass is 220 g/mol. The largest absolute Gasteiger partial charge is 0.493 e. The average Bonchev–Trinajstić information content (AvgIpc) is 2.36. The second kappa shape index (κ2) is 4.56. The fourth-order valence-electron chi connectivity index (χ4n) is 1.94. The van der Waals surface area contributed by atoms with Crippen molar-refractivity contribution >= 4 is 5.97 Å². The topological polar surface area (TPSA) is 35.5 Å². The van der Waals surface area contributed by atoms with Crippen LogP contribution in [0.2, 0.25) is 0 Å². The van der Waals surface area contributed by atoms with E-state index in [-0.39, 0.29) is 11.9 Å². The van der Waals surface area contributed by atoms with E-state index in [4.69, 9.17) is 9.47 Å². The highest BCUT2D eigenvalue weighted by Gasteiger charge is 2.18. The Kier molecular flexibility index (Phi) is 3.13. The molecule has 3 heteroatoms. The van der Waals surface area contributed by atoms with E-state index in [1.165, 1.54) is 12.7 Å². The second-order valence-corrected chi connectivity index (χ2v) is 4.06. The third-order valence-electron chi connectivity index (χ3n) is 2.99. The van der Waals surface area contributed by atoms with Gasteiger partial charge in [-0.25, -0.2) is 0 Å². The Morgan fingerprint density at radius 2 is 2.31 bits per heavy atom. The van der Waals surface area contributed by atoms with Gasteiger partial charge in [0.1, 0.15) is 5.75 Å². The number of benzene rings is 1. The van der Waals surface area contributed by atoms with Crippen molar-refractivity contribution in [3.05, 3.63) is 29.3 Å². The van der Waals surface area contributed by atoms with Gasteiger partial charge in [0.25, 0.3) is 0 Å². The normalized spacial score (nSPS) is 15.9. The Hall–Kier alpha value is -1.51. The molecule has 3 nitrogen and oxygen atoms in total. The molecule has 1 aliphatic rings. The molecular formula is C13H16O3. The number of rotatable bonds is 2. The highest BCUT2D eigenvalue weighted by Crippen LogP contribution is 2.29. The zero-order chi connectivity index (χ0) is 11.5. The van der Waals surface area contributed by atoms with Crippen molar-refractivity contribution in [3.63, 3.8) is 0 Å². The van der Waals surface area contributed by atoms with Gasteiger partial charge in [-0.1, -0.05) is 12.1 Å². The molecule has 0 N–H and O–H groups in total. The van der Waals surface area contributed by atoms with Crippen molar-refractivity contribution in [1.29, 1.82) is 0 Å². The quantitative estimate of drug-likeness (QED) is 0.717. The van der Waals surface area contributed by atoms with Gasteiger partial charge in [0.2, 0.25) is 0 Å². The SMILES string of the molecule is COC(=O)C(C)c1ccc2c(c1)OCCC2. The van der Waals surface area contributed by atoms with Crippen LogP contribution in [0.1, 0.15) is 30.4 Å². The first-order valence-electron chi connectivity index (χ1n) is 5.56. The molecule has 16 heavy (non-hydrogen) atoms. The van der Waals surface area contributed by atoms with E-state index in [1.54, 1.807) is 0 Å². The lowest BCUT2D eigenvalue weighted by atomic mass is 9.97. The standard InChI is InChI=1S/C13H16O3/c1-9(13(14)15-2)11-6-5-10-4-3-7-16-12(10)8-11/h5-6,8-9H,3-4,7H2,1-2H3. The van der Waals surface area contributed by atoms with Crippen molar-refractivity contribution in [1.82, 2.24) is 0 Å².